The fraction of sp³-hybridized carbons (Fsp3) is 0.360. The Hall–Kier alpha value is -2.96. The van der Waals surface area contributed by atoms with Crippen LogP contribution in [0.4, 0.5) is 0 Å². The second kappa shape index (κ2) is 9.90. The smallest absolute Gasteiger partial charge is 0.223 e. The SMILES string of the molecule is CC(=O)N1C=Cc2ccccc2[C@@H]1CC(=O)NCc1ccccc1C[NH+]1CCOCC1. The van der Waals surface area contributed by atoms with Crippen molar-refractivity contribution in [1.29, 1.82) is 0 Å². The molecule has 1 saturated heterocycles. The summed E-state index contributed by atoms with van der Waals surface area (Å²) in [4.78, 5) is 28.2. The van der Waals surface area contributed by atoms with E-state index in [0.717, 1.165) is 49.5 Å². The summed E-state index contributed by atoms with van der Waals surface area (Å²) in [5, 5.41) is 3.08. The molecule has 2 aromatic rings. The topological polar surface area (TPSA) is 63.1 Å². The highest BCUT2D eigenvalue weighted by Gasteiger charge is 2.28. The number of carbonyl (C=O) groups is 2. The lowest BCUT2D eigenvalue weighted by atomic mass is 9.93. The number of hydrogen-bond donors (Lipinski definition) is 2. The van der Waals surface area contributed by atoms with E-state index in [1.807, 2.05) is 36.4 Å². The molecule has 0 aliphatic carbocycles. The highest BCUT2D eigenvalue weighted by atomic mass is 16.5. The van der Waals surface area contributed by atoms with Crippen LogP contribution in [0.5, 0.6) is 0 Å². The van der Waals surface area contributed by atoms with Gasteiger partial charge in [-0.3, -0.25) is 9.59 Å². The van der Waals surface area contributed by atoms with Gasteiger partial charge in [0.2, 0.25) is 11.8 Å². The van der Waals surface area contributed by atoms with Crippen molar-refractivity contribution in [2.45, 2.75) is 32.5 Å². The number of benzene rings is 2. The van der Waals surface area contributed by atoms with Crippen molar-refractivity contribution in [2.75, 3.05) is 26.3 Å². The summed E-state index contributed by atoms with van der Waals surface area (Å²) < 4.78 is 5.46. The summed E-state index contributed by atoms with van der Waals surface area (Å²) in [6.07, 6.45) is 3.94. The molecule has 162 valence electrons. The van der Waals surface area contributed by atoms with Crippen LogP contribution in [0.1, 0.15) is 41.6 Å². The summed E-state index contributed by atoms with van der Waals surface area (Å²) in [7, 11) is 0. The monoisotopic (exact) mass is 420 g/mol. The maximum absolute atomic E-state index is 12.9. The predicted octanol–water partition coefficient (Wildman–Crippen LogP) is 1.68. The van der Waals surface area contributed by atoms with Crippen molar-refractivity contribution in [3.05, 3.63) is 77.0 Å². The third-order valence-electron chi connectivity index (χ3n) is 6.08. The Labute approximate surface area is 183 Å². The first-order chi connectivity index (χ1) is 15.1. The minimum absolute atomic E-state index is 0.0603. The molecule has 2 aliphatic rings. The summed E-state index contributed by atoms with van der Waals surface area (Å²) in [5.41, 5.74) is 4.46. The molecular weight excluding hydrogens is 390 g/mol. The molecule has 2 amide bonds. The van der Waals surface area contributed by atoms with Gasteiger partial charge in [0.15, 0.2) is 0 Å². The highest BCUT2D eigenvalue weighted by Crippen LogP contribution is 2.32. The maximum atomic E-state index is 12.9. The lowest BCUT2D eigenvalue weighted by molar-refractivity contribution is -0.921. The van der Waals surface area contributed by atoms with Crippen LogP contribution < -0.4 is 10.2 Å². The molecule has 0 spiro atoms. The maximum Gasteiger partial charge on any atom is 0.223 e. The van der Waals surface area contributed by atoms with Crippen LogP contribution >= 0.6 is 0 Å². The molecule has 0 aromatic heterocycles. The molecule has 4 rings (SSSR count). The second-order valence-corrected chi connectivity index (χ2v) is 8.18. The number of morpholine rings is 1. The van der Waals surface area contributed by atoms with E-state index in [1.165, 1.54) is 17.4 Å². The largest absolute Gasteiger partial charge is 0.370 e. The second-order valence-electron chi connectivity index (χ2n) is 8.18. The van der Waals surface area contributed by atoms with Crippen molar-refractivity contribution in [2.24, 2.45) is 0 Å². The van der Waals surface area contributed by atoms with Crippen molar-refractivity contribution in [3.63, 3.8) is 0 Å². The number of rotatable bonds is 6. The predicted molar refractivity (Wildman–Crippen MR) is 119 cm³/mol. The molecule has 2 aliphatic heterocycles. The fourth-order valence-electron chi connectivity index (χ4n) is 4.36. The van der Waals surface area contributed by atoms with Gasteiger partial charge in [-0.2, -0.15) is 0 Å². The molecular formula is C25H30N3O3+. The number of nitrogens with zero attached hydrogens (tertiary/aromatic N) is 1. The van der Waals surface area contributed by atoms with Crippen molar-refractivity contribution >= 4 is 17.9 Å². The number of carbonyl (C=O) groups excluding carboxylic acids is 2. The van der Waals surface area contributed by atoms with Gasteiger partial charge in [0.25, 0.3) is 0 Å². The number of ether oxygens (including phenoxy) is 1. The number of hydrogen-bond acceptors (Lipinski definition) is 3. The van der Waals surface area contributed by atoms with Gasteiger partial charge in [-0.05, 0) is 22.8 Å². The third-order valence-corrected chi connectivity index (χ3v) is 6.08. The Kier molecular flexibility index (Phi) is 6.79. The van der Waals surface area contributed by atoms with Crippen LogP contribution in [-0.4, -0.2) is 43.0 Å². The molecule has 0 bridgehead atoms. The highest BCUT2D eigenvalue weighted by molar-refractivity contribution is 5.81. The van der Waals surface area contributed by atoms with E-state index in [1.54, 1.807) is 11.1 Å². The average Bonchev–Trinajstić information content (AvgIpc) is 2.79. The molecule has 2 aromatic carbocycles. The van der Waals surface area contributed by atoms with Crippen LogP contribution in [0.2, 0.25) is 0 Å². The number of fused-ring (bicyclic) bond motifs is 1. The van der Waals surface area contributed by atoms with Crippen LogP contribution in [0, 0.1) is 0 Å². The Bertz CT molecular complexity index is 966. The van der Waals surface area contributed by atoms with E-state index >= 15 is 0 Å². The number of quaternary nitrogens is 1. The van der Waals surface area contributed by atoms with Crippen LogP contribution in [0.15, 0.2) is 54.7 Å². The normalized spacial score (nSPS) is 18.5. The van der Waals surface area contributed by atoms with Crippen molar-refractivity contribution < 1.29 is 19.2 Å². The quantitative estimate of drug-likeness (QED) is 0.748. The molecule has 0 radical (unpaired) electrons. The summed E-state index contributed by atoms with van der Waals surface area (Å²) in [5.74, 6) is -0.128. The lowest BCUT2D eigenvalue weighted by Gasteiger charge is -2.32. The summed E-state index contributed by atoms with van der Waals surface area (Å²) >= 11 is 0. The fourth-order valence-corrected chi connectivity index (χ4v) is 4.36. The van der Waals surface area contributed by atoms with Crippen LogP contribution in [0.25, 0.3) is 6.08 Å². The Balaban J connectivity index is 1.41. The molecule has 31 heavy (non-hydrogen) atoms. The average molecular weight is 421 g/mol. The summed E-state index contributed by atoms with van der Waals surface area (Å²) in [6.45, 7) is 6.59. The Morgan fingerprint density at radius 3 is 2.55 bits per heavy atom. The molecule has 1 atom stereocenters. The van der Waals surface area contributed by atoms with Gasteiger partial charge in [0, 0.05) is 25.2 Å². The van der Waals surface area contributed by atoms with Crippen LogP contribution in [0.3, 0.4) is 0 Å². The first-order valence-electron chi connectivity index (χ1n) is 10.9. The zero-order valence-electron chi connectivity index (χ0n) is 18.0. The first-order valence-corrected chi connectivity index (χ1v) is 10.9. The number of nitrogens with one attached hydrogen (secondary N) is 2. The summed E-state index contributed by atoms with van der Waals surface area (Å²) in [6, 6.07) is 15.9. The van der Waals surface area contributed by atoms with E-state index in [2.05, 4.69) is 23.5 Å². The standard InChI is InChI=1S/C25H29N3O3/c1-19(29)28-11-10-20-6-4-5-9-23(20)24(28)16-25(30)26-17-21-7-2-3-8-22(21)18-27-12-14-31-15-13-27/h2-11,24H,12-18H2,1H3,(H,26,30)/p+1/t24-/m0/s1. The van der Waals surface area contributed by atoms with Crippen molar-refractivity contribution in [1.82, 2.24) is 10.2 Å². The zero-order chi connectivity index (χ0) is 21.6. The first kappa shape index (κ1) is 21.3. The number of amides is 2. The zero-order valence-corrected chi connectivity index (χ0v) is 18.0. The van der Waals surface area contributed by atoms with Gasteiger partial charge in [-0.1, -0.05) is 48.5 Å². The van der Waals surface area contributed by atoms with Crippen molar-refractivity contribution in [3.8, 4) is 0 Å². The molecule has 2 N–H and O–H groups in total. The molecule has 0 unspecified atom stereocenters. The van der Waals surface area contributed by atoms with E-state index in [4.69, 9.17) is 4.74 Å². The van der Waals surface area contributed by atoms with E-state index in [-0.39, 0.29) is 24.3 Å². The molecule has 6 nitrogen and oxygen atoms in total. The Morgan fingerprint density at radius 1 is 1.06 bits per heavy atom. The van der Waals surface area contributed by atoms with Gasteiger partial charge in [-0.15, -0.1) is 0 Å². The van der Waals surface area contributed by atoms with E-state index in [9.17, 15) is 9.59 Å². The third kappa shape index (κ3) is 5.21. The minimum atomic E-state index is -0.285. The van der Waals surface area contributed by atoms with Gasteiger partial charge >= 0.3 is 0 Å². The van der Waals surface area contributed by atoms with Gasteiger partial charge in [0.1, 0.15) is 19.6 Å². The van der Waals surface area contributed by atoms with Gasteiger partial charge < -0.3 is 19.9 Å². The molecule has 0 saturated carbocycles. The molecule has 1 fully saturated rings. The molecule has 2 heterocycles. The Morgan fingerprint density at radius 2 is 1.77 bits per heavy atom. The molecule has 6 heteroatoms. The van der Waals surface area contributed by atoms with Gasteiger partial charge in [-0.25, -0.2) is 0 Å². The minimum Gasteiger partial charge on any atom is -0.370 e. The van der Waals surface area contributed by atoms with Crippen LogP contribution in [-0.2, 0) is 27.4 Å². The van der Waals surface area contributed by atoms with Gasteiger partial charge in [0.05, 0.1) is 25.7 Å². The van der Waals surface area contributed by atoms with E-state index in [0.29, 0.717) is 6.54 Å². The lowest BCUT2D eigenvalue weighted by Crippen LogP contribution is -3.12. The van der Waals surface area contributed by atoms with E-state index < -0.39 is 0 Å².